The molecule has 4 nitrogen and oxygen atoms in total. The number of anilines is 1. The summed E-state index contributed by atoms with van der Waals surface area (Å²) < 4.78 is 0. The molecule has 5 heteroatoms. The molecule has 1 aromatic carbocycles. The summed E-state index contributed by atoms with van der Waals surface area (Å²) in [6.07, 6.45) is 0. The lowest BCUT2D eigenvalue weighted by atomic mass is 10.1. The summed E-state index contributed by atoms with van der Waals surface area (Å²) in [5.41, 5.74) is 0.537. The second kappa shape index (κ2) is 6.79. The molecule has 0 saturated heterocycles. The summed E-state index contributed by atoms with van der Waals surface area (Å²) in [6, 6.07) is 7.46. The maximum absolute atomic E-state index is 12.0. The van der Waals surface area contributed by atoms with Crippen molar-refractivity contribution in [2.24, 2.45) is 0 Å². The highest BCUT2D eigenvalue weighted by Gasteiger charge is 2.19. The van der Waals surface area contributed by atoms with Crippen LogP contribution in [0.25, 0.3) is 0 Å². The fraction of sp³-hybridized carbons (Fsp3) is 0.467. The van der Waals surface area contributed by atoms with Gasteiger partial charge in [0.2, 0.25) is 11.8 Å². The quantitative estimate of drug-likeness (QED) is 0.839. The van der Waals surface area contributed by atoms with Gasteiger partial charge in [0, 0.05) is 23.0 Å². The van der Waals surface area contributed by atoms with Crippen LogP contribution in [-0.2, 0) is 9.59 Å². The molecular weight excluding hydrogens is 272 g/mol. The molecule has 2 amide bonds. The number of thioether (sulfide) groups is 1. The number of carbonyl (C=O) groups is 2. The van der Waals surface area contributed by atoms with Crippen molar-refractivity contribution < 1.29 is 9.59 Å². The average Bonchev–Trinajstić information content (AvgIpc) is 2.28. The van der Waals surface area contributed by atoms with Crippen LogP contribution in [0.5, 0.6) is 0 Å². The van der Waals surface area contributed by atoms with E-state index in [1.807, 2.05) is 52.0 Å². The Balaban J connectivity index is 2.60. The van der Waals surface area contributed by atoms with Crippen LogP contribution in [0.2, 0.25) is 0 Å². The average molecular weight is 294 g/mol. The van der Waals surface area contributed by atoms with Gasteiger partial charge in [-0.15, -0.1) is 11.8 Å². The summed E-state index contributed by atoms with van der Waals surface area (Å²) in [6.45, 7) is 9.24. The van der Waals surface area contributed by atoms with Gasteiger partial charge in [-0.25, -0.2) is 0 Å². The maximum Gasteiger partial charge on any atom is 0.233 e. The first-order chi connectivity index (χ1) is 9.17. The number of hydrogen-bond acceptors (Lipinski definition) is 3. The van der Waals surface area contributed by atoms with Gasteiger partial charge in [0.1, 0.15) is 0 Å². The van der Waals surface area contributed by atoms with Crippen molar-refractivity contribution in [3.05, 3.63) is 24.3 Å². The lowest BCUT2D eigenvalue weighted by Crippen LogP contribution is -2.44. The van der Waals surface area contributed by atoms with Crippen molar-refractivity contribution in [2.75, 3.05) is 5.32 Å². The van der Waals surface area contributed by atoms with E-state index in [2.05, 4.69) is 10.6 Å². The fourth-order valence-corrected chi connectivity index (χ4v) is 2.42. The lowest BCUT2D eigenvalue weighted by molar-refractivity contribution is -0.121. The van der Waals surface area contributed by atoms with Crippen LogP contribution in [0.1, 0.15) is 34.6 Å². The number of carbonyl (C=O) groups excluding carboxylic acids is 2. The third-order valence-corrected chi connectivity index (χ3v) is 3.47. The second-order valence-corrected chi connectivity index (χ2v) is 7.12. The SMILES string of the molecule is CC(=O)Nc1ccc(S[C@H](C)C(=O)NC(C)(C)C)cc1. The van der Waals surface area contributed by atoms with E-state index in [1.165, 1.54) is 18.7 Å². The standard InChI is InChI=1S/C15H22N2O2S/c1-10(14(19)17-15(3,4)5)20-13-8-6-12(7-9-13)16-11(2)18/h6-10H,1-5H3,(H,16,18)(H,17,19)/t10-/m1/s1. The topological polar surface area (TPSA) is 58.2 Å². The van der Waals surface area contributed by atoms with Gasteiger partial charge in [0.05, 0.1) is 5.25 Å². The van der Waals surface area contributed by atoms with Crippen LogP contribution in [0.15, 0.2) is 29.2 Å². The first-order valence-electron chi connectivity index (χ1n) is 6.54. The molecule has 0 radical (unpaired) electrons. The van der Waals surface area contributed by atoms with Gasteiger partial charge < -0.3 is 10.6 Å². The van der Waals surface area contributed by atoms with Crippen LogP contribution < -0.4 is 10.6 Å². The van der Waals surface area contributed by atoms with Crippen molar-refractivity contribution in [3.8, 4) is 0 Å². The zero-order chi connectivity index (χ0) is 15.3. The van der Waals surface area contributed by atoms with Crippen LogP contribution in [0, 0.1) is 0 Å². The van der Waals surface area contributed by atoms with E-state index >= 15 is 0 Å². The first kappa shape index (κ1) is 16.6. The van der Waals surface area contributed by atoms with E-state index in [0.29, 0.717) is 0 Å². The fourth-order valence-electron chi connectivity index (χ4n) is 1.55. The highest BCUT2D eigenvalue weighted by Crippen LogP contribution is 2.25. The van der Waals surface area contributed by atoms with Crippen LogP contribution in [-0.4, -0.2) is 22.6 Å². The summed E-state index contributed by atoms with van der Waals surface area (Å²) in [7, 11) is 0. The van der Waals surface area contributed by atoms with Crippen molar-refractivity contribution in [1.82, 2.24) is 5.32 Å². The molecule has 1 rings (SSSR count). The molecule has 110 valence electrons. The Kier molecular flexibility index (Phi) is 5.62. The summed E-state index contributed by atoms with van der Waals surface area (Å²) in [4.78, 5) is 23.9. The number of hydrogen-bond donors (Lipinski definition) is 2. The van der Waals surface area contributed by atoms with Gasteiger partial charge in [0.15, 0.2) is 0 Å². The molecule has 1 atom stereocenters. The normalized spacial score (nSPS) is 12.7. The van der Waals surface area contributed by atoms with Crippen LogP contribution in [0.4, 0.5) is 5.69 Å². The molecule has 0 aliphatic rings. The Labute approximate surface area is 124 Å². The summed E-state index contributed by atoms with van der Waals surface area (Å²) >= 11 is 1.50. The highest BCUT2D eigenvalue weighted by atomic mass is 32.2. The lowest BCUT2D eigenvalue weighted by Gasteiger charge is -2.23. The Hall–Kier alpha value is -1.49. The molecule has 20 heavy (non-hydrogen) atoms. The number of benzene rings is 1. The van der Waals surface area contributed by atoms with Crippen molar-refractivity contribution in [1.29, 1.82) is 0 Å². The predicted octanol–water partition coefficient (Wildman–Crippen LogP) is 3.04. The second-order valence-electron chi connectivity index (χ2n) is 5.70. The minimum absolute atomic E-state index is 0.0217. The third kappa shape index (κ3) is 6.10. The number of rotatable bonds is 4. The number of nitrogens with one attached hydrogen (secondary N) is 2. The Bertz CT molecular complexity index is 478. The summed E-state index contributed by atoms with van der Waals surface area (Å²) in [5.74, 6) is -0.0724. The number of amides is 2. The molecule has 0 spiro atoms. The molecule has 0 aliphatic carbocycles. The van der Waals surface area contributed by atoms with Crippen molar-refractivity contribution in [3.63, 3.8) is 0 Å². The molecule has 1 aromatic rings. The van der Waals surface area contributed by atoms with Crippen molar-refractivity contribution in [2.45, 2.75) is 50.3 Å². The molecule has 0 heterocycles. The highest BCUT2D eigenvalue weighted by molar-refractivity contribution is 8.00. The molecule has 0 bridgehead atoms. The largest absolute Gasteiger partial charge is 0.351 e. The minimum atomic E-state index is -0.221. The van der Waals surface area contributed by atoms with E-state index in [4.69, 9.17) is 0 Å². The van der Waals surface area contributed by atoms with Gasteiger partial charge in [-0.3, -0.25) is 9.59 Å². The first-order valence-corrected chi connectivity index (χ1v) is 7.42. The zero-order valence-corrected chi connectivity index (χ0v) is 13.4. The van der Waals surface area contributed by atoms with Gasteiger partial charge in [-0.1, -0.05) is 0 Å². The van der Waals surface area contributed by atoms with Crippen molar-refractivity contribution >= 4 is 29.3 Å². The smallest absolute Gasteiger partial charge is 0.233 e. The third-order valence-electron chi connectivity index (χ3n) is 2.35. The molecular formula is C15H22N2O2S. The summed E-state index contributed by atoms with van der Waals surface area (Å²) in [5, 5.41) is 5.51. The van der Waals surface area contributed by atoms with Crippen LogP contribution >= 0.6 is 11.8 Å². The minimum Gasteiger partial charge on any atom is -0.351 e. The van der Waals surface area contributed by atoms with Crippen LogP contribution in [0.3, 0.4) is 0 Å². The maximum atomic E-state index is 12.0. The Morgan fingerprint density at radius 1 is 1.15 bits per heavy atom. The molecule has 0 aromatic heterocycles. The van der Waals surface area contributed by atoms with Gasteiger partial charge in [-0.05, 0) is 52.0 Å². The van der Waals surface area contributed by atoms with Gasteiger partial charge >= 0.3 is 0 Å². The monoisotopic (exact) mass is 294 g/mol. The molecule has 0 unspecified atom stereocenters. The molecule has 0 saturated carbocycles. The van der Waals surface area contributed by atoms with E-state index in [9.17, 15) is 9.59 Å². The van der Waals surface area contributed by atoms with Gasteiger partial charge in [-0.2, -0.15) is 0 Å². The Morgan fingerprint density at radius 3 is 2.15 bits per heavy atom. The van der Waals surface area contributed by atoms with Gasteiger partial charge in [0.25, 0.3) is 0 Å². The van der Waals surface area contributed by atoms with E-state index < -0.39 is 0 Å². The van der Waals surface area contributed by atoms with E-state index in [-0.39, 0.29) is 22.6 Å². The van der Waals surface area contributed by atoms with E-state index in [1.54, 1.807) is 0 Å². The zero-order valence-electron chi connectivity index (χ0n) is 12.6. The predicted molar refractivity (Wildman–Crippen MR) is 84.0 cm³/mol. The molecule has 0 fully saturated rings. The molecule has 2 N–H and O–H groups in total. The van der Waals surface area contributed by atoms with E-state index in [0.717, 1.165) is 10.6 Å². The Morgan fingerprint density at radius 2 is 1.70 bits per heavy atom. The molecule has 0 aliphatic heterocycles.